The maximum absolute atomic E-state index is 13.1. The van der Waals surface area contributed by atoms with Gasteiger partial charge in [-0.25, -0.2) is 8.42 Å². The van der Waals surface area contributed by atoms with Crippen molar-refractivity contribution in [3.63, 3.8) is 0 Å². The van der Waals surface area contributed by atoms with Gasteiger partial charge in [0.05, 0.1) is 23.0 Å². The number of nitrogens with one attached hydrogen (secondary N) is 2. The van der Waals surface area contributed by atoms with Crippen molar-refractivity contribution in [1.82, 2.24) is 0 Å². The van der Waals surface area contributed by atoms with Gasteiger partial charge in [0.25, 0.3) is 20.2 Å². The number of rotatable bonds is 18. The number of benzene rings is 2. The van der Waals surface area contributed by atoms with E-state index in [-0.39, 0.29) is 80.3 Å². The molecule has 0 aromatic heterocycles. The van der Waals surface area contributed by atoms with Gasteiger partial charge in [0.1, 0.15) is 48.8 Å². The molecule has 0 aliphatic carbocycles. The van der Waals surface area contributed by atoms with Crippen LogP contribution in [0.25, 0.3) is 0 Å². The van der Waals surface area contributed by atoms with Crippen LogP contribution in [0, 0.1) is 0 Å². The minimum Gasteiger partial charge on any atom is -0.394 e. The van der Waals surface area contributed by atoms with E-state index in [0.717, 1.165) is 48.5 Å². The van der Waals surface area contributed by atoms with Crippen LogP contribution in [0.5, 0.6) is 0 Å². The first kappa shape index (κ1) is 48.4. The topological polar surface area (TPSA) is 369 Å². The fourth-order valence-corrected chi connectivity index (χ4v) is 6.89. The molecule has 270 valence electrons. The molecule has 0 aliphatic rings. The van der Waals surface area contributed by atoms with Gasteiger partial charge in [0, 0.05) is 70.5 Å². The fraction of sp³-hybridized carbons (Fsp3) is 0.500. The molecule has 20 nitrogen and oxygen atoms in total. The van der Waals surface area contributed by atoms with Crippen molar-refractivity contribution in [3.8, 4) is 0 Å². The minimum absolute atomic E-state index is 0. The molecule has 0 heterocycles. The van der Waals surface area contributed by atoms with E-state index in [0.29, 0.717) is 0 Å². The normalized spacial score (nSPS) is 18.5. The van der Waals surface area contributed by atoms with Crippen LogP contribution >= 0.6 is 0 Å². The molecule has 2 rings (SSSR count). The van der Waals surface area contributed by atoms with Crippen LogP contribution in [0.1, 0.15) is 0 Å². The van der Waals surface area contributed by atoms with Gasteiger partial charge in [-0.1, -0.05) is 0 Å². The Labute approximate surface area is 325 Å². The van der Waals surface area contributed by atoms with E-state index < -0.39 is 103 Å². The quantitative estimate of drug-likeness (QED) is 0.0494. The molecule has 0 aliphatic heterocycles. The minimum atomic E-state index is -5.21. The van der Waals surface area contributed by atoms with Crippen molar-refractivity contribution in [1.29, 1.82) is 0 Å². The number of aliphatic hydroxyl groups excluding tert-OH is 10. The van der Waals surface area contributed by atoms with Crippen LogP contribution < -0.4 is 10.6 Å². The molecule has 49 heavy (non-hydrogen) atoms. The van der Waals surface area contributed by atoms with E-state index in [4.69, 9.17) is 10.2 Å². The van der Waals surface area contributed by atoms with Crippen molar-refractivity contribution in [3.05, 3.63) is 48.5 Å². The average molecular weight is 783 g/mol. The molecular weight excluding hydrogens is 746 g/mol. The first-order valence-electron chi connectivity index (χ1n) is 13.1. The van der Waals surface area contributed by atoms with E-state index in [9.17, 15) is 75.2 Å². The summed E-state index contributed by atoms with van der Waals surface area (Å²) in [5, 5.41) is 96.3. The molecule has 0 amide bonds. The van der Waals surface area contributed by atoms with Crippen LogP contribution in [-0.4, -0.2) is 217 Å². The zero-order valence-electron chi connectivity index (χ0n) is 25.8. The van der Waals surface area contributed by atoms with Gasteiger partial charge in [-0.2, -0.15) is 16.8 Å². The summed E-state index contributed by atoms with van der Waals surface area (Å²) in [7, 11) is -14.8. The molecule has 0 spiro atoms. The number of hydrogen-bond acceptors (Lipinski definition) is 18. The molecule has 0 fully saturated rings. The summed E-state index contributed by atoms with van der Waals surface area (Å²) in [4.78, 5) is -0.778. The second-order valence-corrected chi connectivity index (χ2v) is 15.2. The smallest absolute Gasteiger partial charge is 0.288 e. The van der Waals surface area contributed by atoms with E-state index in [1.54, 1.807) is 0 Å². The summed E-state index contributed by atoms with van der Waals surface area (Å²) in [6.45, 7) is -2.13. The zero-order valence-corrected chi connectivity index (χ0v) is 32.3. The summed E-state index contributed by atoms with van der Waals surface area (Å²) in [5.74, 6) is 0. The second-order valence-electron chi connectivity index (χ2n) is 10.2. The predicted molar refractivity (Wildman–Crippen MR) is 170 cm³/mol. The average Bonchev–Trinajstić information content (AvgIpc) is 3.02. The van der Waals surface area contributed by atoms with Crippen molar-refractivity contribution < 1.29 is 85.4 Å². The third-order valence-corrected chi connectivity index (χ3v) is 10.6. The van der Waals surface area contributed by atoms with Gasteiger partial charge in [0.2, 0.25) is 9.84 Å². The van der Waals surface area contributed by atoms with E-state index in [2.05, 4.69) is 10.6 Å². The Morgan fingerprint density at radius 3 is 0.959 bits per heavy atom. The van der Waals surface area contributed by atoms with E-state index in [1.165, 1.54) is 0 Å². The van der Waals surface area contributed by atoms with Crippen molar-refractivity contribution in [2.75, 3.05) is 23.8 Å². The molecule has 0 bridgehead atoms. The summed E-state index contributed by atoms with van der Waals surface area (Å²) in [6, 6.07) is 7.89. The van der Waals surface area contributed by atoms with Gasteiger partial charge in [0.15, 0.2) is 10.7 Å². The van der Waals surface area contributed by atoms with Gasteiger partial charge >= 0.3 is 0 Å². The molecule has 14 N–H and O–H groups in total. The Kier molecular flexibility index (Phi) is 19.8. The standard InChI is InChI=1S/C24H36N2O18S3.2Na/c27-9-15(29)17(31)19(33)21(35)23(46(39,40)41)25-11-1-5-13(6-2-11)45(37,38)14-7-3-12(4-8-14)26-24(47(42,43)44)22(36)20(34)18(32)16(30)10-28;;/h1-8,15-36H,9-10H2,(H,39,40,41)(H,42,43,44);;/t15-,16-,17-,18-,19+,20+,21-,22-,23?,24?;;/m1../s1. The molecule has 2 aromatic rings. The molecule has 10 atom stereocenters. The van der Waals surface area contributed by atoms with Crippen molar-refractivity contribution in [2.45, 2.75) is 69.4 Å². The van der Waals surface area contributed by atoms with E-state index >= 15 is 0 Å². The predicted octanol–water partition coefficient (Wildman–Crippen LogP) is -6.12. The van der Waals surface area contributed by atoms with Crippen molar-refractivity contribution >= 4 is 101 Å². The van der Waals surface area contributed by atoms with Crippen LogP contribution in [0.2, 0.25) is 0 Å². The Hall–Kier alpha value is -0.590. The first-order valence-corrected chi connectivity index (χ1v) is 17.6. The third kappa shape index (κ3) is 12.8. The summed E-state index contributed by atoms with van der Waals surface area (Å²) < 4.78 is 92.9. The molecule has 25 heteroatoms. The molecule has 0 saturated carbocycles. The summed E-state index contributed by atoms with van der Waals surface area (Å²) in [6.07, 6.45) is -18.1. The van der Waals surface area contributed by atoms with Crippen molar-refractivity contribution in [2.24, 2.45) is 0 Å². The van der Waals surface area contributed by atoms with Gasteiger partial charge in [-0.15, -0.1) is 0 Å². The Bertz CT molecular complexity index is 1520. The molecule has 2 aromatic carbocycles. The molecule has 2 radical (unpaired) electrons. The number of hydrogen-bond donors (Lipinski definition) is 14. The van der Waals surface area contributed by atoms with Crippen LogP contribution in [-0.2, 0) is 30.1 Å². The summed E-state index contributed by atoms with van der Waals surface area (Å²) >= 11 is 0. The number of anilines is 2. The van der Waals surface area contributed by atoms with Gasteiger partial charge < -0.3 is 61.7 Å². The first-order chi connectivity index (χ1) is 21.6. The molecular formula is C24H36N2Na2O18S3. The zero-order chi connectivity index (χ0) is 36.1. The Morgan fingerprint density at radius 1 is 0.469 bits per heavy atom. The largest absolute Gasteiger partial charge is 0.394 e. The Morgan fingerprint density at radius 2 is 0.735 bits per heavy atom. The Balaban J connectivity index is 0.0000115. The SMILES string of the molecule is O=S(=O)(c1ccc(NC([C@H](O)[C@@H](O)[C@H](O)[C@H](O)CO)S(=O)(=O)O)cc1)c1ccc(NC([C@H](O)[C@@H](O)[C@H](O)[C@H](O)CO)S(=O)(=O)O)cc1.[Na].[Na]. The number of aliphatic hydroxyl groups is 10. The summed E-state index contributed by atoms with van der Waals surface area (Å²) in [5.41, 5.74) is -0.439. The van der Waals surface area contributed by atoms with Crippen LogP contribution in [0.15, 0.2) is 58.3 Å². The monoisotopic (exact) mass is 782 g/mol. The number of sulfone groups is 1. The third-order valence-electron chi connectivity index (χ3n) is 6.77. The van der Waals surface area contributed by atoms with E-state index in [1.807, 2.05) is 0 Å². The molecule has 2 unspecified atom stereocenters. The fourth-order valence-electron chi connectivity index (χ4n) is 4.03. The van der Waals surface area contributed by atoms with Gasteiger partial charge in [-0.05, 0) is 48.5 Å². The maximum Gasteiger partial charge on any atom is 0.288 e. The van der Waals surface area contributed by atoms with Crippen LogP contribution in [0.3, 0.4) is 0 Å². The maximum atomic E-state index is 13.1. The second kappa shape index (κ2) is 20.0. The molecule has 0 saturated heterocycles. The van der Waals surface area contributed by atoms with Crippen LogP contribution in [0.4, 0.5) is 11.4 Å². The van der Waals surface area contributed by atoms with Gasteiger partial charge in [-0.3, -0.25) is 9.11 Å².